The Morgan fingerprint density at radius 3 is 2.58 bits per heavy atom. The van der Waals surface area contributed by atoms with Crippen LogP contribution in [0.25, 0.3) is 21.9 Å². The standard InChI is InChI=1S/C33H32BrN3O6/c1-19(2)31(33(40)35-14-13-21-17-36-25-12-11-23(41-3)15-24(21)25)37-32(39)29-16-26(38)30-27(5-4-6-28(30)43-29)42-18-20-7-9-22(34)10-8-20/h4-12,15-17,19,31,36H,13-14,18H2,1-3H3,(H,35,40)(H,37,39). The zero-order chi connectivity index (χ0) is 30.5. The second kappa shape index (κ2) is 13.2. The van der Waals surface area contributed by atoms with Gasteiger partial charge in [-0.2, -0.15) is 0 Å². The van der Waals surface area contributed by atoms with E-state index < -0.39 is 17.4 Å². The van der Waals surface area contributed by atoms with Gasteiger partial charge in [0.1, 0.15) is 35.1 Å². The fourth-order valence-corrected chi connectivity index (χ4v) is 5.09. The minimum absolute atomic E-state index is 0.186. The van der Waals surface area contributed by atoms with Crippen LogP contribution >= 0.6 is 15.9 Å². The average Bonchev–Trinajstić information content (AvgIpc) is 3.40. The van der Waals surface area contributed by atoms with Gasteiger partial charge in [-0.15, -0.1) is 0 Å². The van der Waals surface area contributed by atoms with Gasteiger partial charge in [-0.05, 0) is 65.9 Å². The van der Waals surface area contributed by atoms with Gasteiger partial charge in [-0.1, -0.05) is 48.0 Å². The quantitative estimate of drug-likeness (QED) is 0.168. The molecule has 5 aromatic rings. The highest BCUT2D eigenvalue weighted by Crippen LogP contribution is 2.25. The van der Waals surface area contributed by atoms with E-state index in [9.17, 15) is 14.4 Å². The number of rotatable bonds is 11. The molecule has 43 heavy (non-hydrogen) atoms. The topological polar surface area (TPSA) is 123 Å². The van der Waals surface area contributed by atoms with Crippen molar-refractivity contribution >= 4 is 49.6 Å². The van der Waals surface area contributed by atoms with Crippen LogP contribution in [0.4, 0.5) is 0 Å². The second-order valence-electron chi connectivity index (χ2n) is 10.5. The molecule has 2 heterocycles. The van der Waals surface area contributed by atoms with Crippen LogP contribution in [0.15, 0.2) is 86.6 Å². The molecule has 2 amide bonds. The first-order valence-corrected chi connectivity index (χ1v) is 14.7. The molecule has 9 nitrogen and oxygen atoms in total. The minimum Gasteiger partial charge on any atom is -0.497 e. The molecule has 0 saturated carbocycles. The Balaban J connectivity index is 1.25. The van der Waals surface area contributed by atoms with Crippen molar-refractivity contribution in [2.75, 3.05) is 13.7 Å². The first-order chi connectivity index (χ1) is 20.7. The van der Waals surface area contributed by atoms with Crippen molar-refractivity contribution < 1.29 is 23.5 Å². The van der Waals surface area contributed by atoms with Gasteiger partial charge < -0.3 is 29.5 Å². The zero-order valence-corrected chi connectivity index (χ0v) is 25.6. The summed E-state index contributed by atoms with van der Waals surface area (Å²) in [5.41, 5.74) is 2.75. The van der Waals surface area contributed by atoms with E-state index in [4.69, 9.17) is 13.9 Å². The lowest BCUT2D eigenvalue weighted by Crippen LogP contribution is -2.50. The number of carbonyl (C=O) groups excluding carboxylic acids is 2. The lowest BCUT2D eigenvalue weighted by molar-refractivity contribution is -0.123. The molecule has 0 radical (unpaired) electrons. The molecular formula is C33H32BrN3O6. The molecule has 0 aliphatic carbocycles. The molecule has 5 rings (SSSR count). The Morgan fingerprint density at radius 2 is 1.84 bits per heavy atom. The summed E-state index contributed by atoms with van der Waals surface area (Å²) in [5, 5.41) is 6.92. The molecule has 2 aromatic heterocycles. The van der Waals surface area contributed by atoms with Crippen LogP contribution in [-0.2, 0) is 17.8 Å². The predicted octanol–water partition coefficient (Wildman–Crippen LogP) is 5.74. The SMILES string of the molecule is COc1ccc2[nH]cc(CCNC(=O)C(NC(=O)c3cc(=O)c4c(OCc5ccc(Br)cc5)cccc4o3)C(C)C)c2c1. The van der Waals surface area contributed by atoms with E-state index in [2.05, 4.69) is 31.5 Å². The third-order valence-electron chi connectivity index (χ3n) is 7.15. The van der Waals surface area contributed by atoms with E-state index in [0.717, 1.165) is 38.3 Å². The number of amides is 2. The molecule has 0 aliphatic heterocycles. The van der Waals surface area contributed by atoms with Crippen molar-refractivity contribution in [3.8, 4) is 11.5 Å². The highest BCUT2D eigenvalue weighted by Gasteiger charge is 2.26. The fraction of sp³-hybridized carbons (Fsp3) is 0.242. The van der Waals surface area contributed by atoms with Crippen molar-refractivity contribution in [2.45, 2.75) is 32.9 Å². The number of hydrogen-bond donors (Lipinski definition) is 3. The number of methoxy groups -OCH3 is 1. The van der Waals surface area contributed by atoms with Crippen LogP contribution in [-0.4, -0.2) is 36.5 Å². The smallest absolute Gasteiger partial charge is 0.287 e. The monoisotopic (exact) mass is 645 g/mol. The number of hydrogen-bond acceptors (Lipinski definition) is 6. The van der Waals surface area contributed by atoms with E-state index in [0.29, 0.717) is 18.7 Å². The molecular weight excluding hydrogens is 614 g/mol. The van der Waals surface area contributed by atoms with Crippen molar-refractivity contribution in [2.24, 2.45) is 5.92 Å². The molecule has 222 valence electrons. The van der Waals surface area contributed by atoms with Crippen molar-refractivity contribution in [1.82, 2.24) is 15.6 Å². The Bertz CT molecular complexity index is 1830. The molecule has 1 atom stereocenters. The molecule has 3 aromatic carbocycles. The number of halogens is 1. The zero-order valence-electron chi connectivity index (χ0n) is 24.0. The lowest BCUT2D eigenvalue weighted by atomic mass is 10.0. The maximum absolute atomic E-state index is 13.2. The summed E-state index contributed by atoms with van der Waals surface area (Å²) in [6, 6.07) is 18.7. The number of ether oxygens (including phenoxy) is 2. The van der Waals surface area contributed by atoms with Gasteiger partial charge in [0, 0.05) is 34.2 Å². The summed E-state index contributed by atoms with van der Waals surface area (Å²) in [5.74, 6) is -0.273. The molecule has 0 aliphatic rings. The predicted molar refractivity (Wildman–Crippen MR) is 169 cm³/mol. The van der Waals surface area contributed by atoms with Crippen LogP contribution in [0.5, 0.6) is 11.5 Å². The van der Waals surface area contributed by atoms with E-state index in [1.54, 1.807) is 25.3 Å². The lowest BCUT2D eigenvalue weighted by Gasteiger charge is -2.21. The van der Waals surface area contributed by atoms with E-state index in [-0.39, 0.29) is 35.2 Å². The molecule has 0 saturated heterocycles. The fourth-order valence-electron chi connectivity index (χ4n) is 4.82. The number of aromatic amines is 1. The highest BCUT2D eigenvalue weighted by molar-refractivity contribution is 9.10. The number of carbonyl (C=O) groups is 2. The maximum Gasteiger partial charge on any atom is 0.287 e. The summed E-state index contributed by atoms with van der Waals surface area (Å²) in [6.07, 6.45) is 2.50. The Hall–Kier alpha value is -4.57. The minimum atomic E-state index is -0.836. The molecule has 0 spiro atoms. The number of benzene rings is 3. The third-order valence-corrected chi connectivity index (χ3v) is 7.68. The highest BCUT2D eigenvalue weighted by atomic mass is 79.9. The summed E-state index contributed by atoms with van der Waals surface area (Å²) in [6.45, 7) is 4.30. The van der Waals surface area contributed by atoms with Crippen molar-refractivity contribution in [3.63, 3.8) is 0 Å². The first kappa shape index (κ1) is 29.9. The third kappa shape index (κ3) is 6.91. The summed E-state index contributed by atoms with van der Waals surface area (Å²) in [7, 11) is 1.62. The summed E-state index contributed by atoms with van der Waals surface area (Å²) in [4.78, 5) is 42.6. The Morgan fingerprint density at radius 1 is 1.05 bits per heavy atom. The molecule has 1 unspecified atom stereocenters. The van der Waals surface area contributed by atoms with Gasteiger partial charge in [-0.3, -0.25) is 14.4 Å². The number of aromatic nitrogens is 1. The van der Waals surface area contributed by atoms with Crippen molar-refractivity contribution in [3.05, 3.63) is 105 Å². The molecule has 10 heteroatoms. The van der Waals surface area contributed by atoms with E-state index in [1.165, 1.54) is 0 Å². The van der Waals surface area contributed by atoms with Gasteiger partial charge in [0.15, 0.2) is 11.2 Å². The van der Waals surface area contributed by atoms with Crippen LogP contribution in [0, 0.1) is 5.92 Å². The van der Waals surface area contributed by atoms with E-state index in [1.807, 2.05) is 62.5 Å². The average molecular weight is 647 g/mol. The summed E-state index contributed by atoms with van der Waals surface area (Å²) >= 11 is 3.41. The van der Waals surface area contributed by atoms with Gasteiger partial charge in [0.05, 0.1) is 7.11 Å². The van der Waals surface area contributed by atoms with Crippen molar-refractivity contribution in [1.29, 1.82) is 0 Å². The number of H-pyrrole nitrogens is 1. The summed E-state index contributed by atoms with van der Waals surface area (Å²) < 4.78 is 18.0. The largest absolute Gasteiger partial charge is 0.497 e. The van der Waals surface area contributed by atoms with Crippen LogP contribution in [0.1, 0.15) is 35.5 Å². The molecule has 0 fully saturated rings. The normalized spacial score (nSPS) is 11.9. The van der Waals surface area contributed by atoms with E-state index >= 15 is 0 Å². The van der Waals surface area contributed by atoms with Crippen LogP contribution in [0.2, 0.25) is 0 Å². The Kier molecular flexibility index (Phi) is 9.16. The molecule has 3 N–H and O–H groups in total. The van der Waals surface area contributed by atoms with Gasteiger partial charge in [0.2, 0.25) is 5.91 Å². The number of fused-ring (bicyclic) bond motifs is 2. The van der Waals surface area contributed by atoms with Gasteiger partial charge in [-0.25, -0.2) is 0 Å². The second-order valence-corrected chi connectivity index (χ2v) is 11.4. The van der Waals surface area contributed by atoms with Crippen LogP contribution in [0.3, 0.4) is 0 Å². The molecule has 0 bridgehead atoms. The first-order valence-electron chi connectivity index (χ1n) is 13.9. The number of nitrogens with one attached hydrogen (secondary N) is 3. The Labute approximate surface area is 256 Å². The van der Waals surface area contributed by atoms with Gasteiger partial charge in [0.25, 0.3) is 5.91 Å². The maximum atomic E-state index is 13.2. The van der Waals surface area contributed by atoms with Gasteiger partial charge >= 0.3 is 0 Å². The van der Waals surface area contributed by atoms with Crippen LogP contribution < -0.4 is 25.5 Å².